The molecule has 4 nitrogen and oxygen atoms in total. The quantitative estimate of drug-likeness (QED) is 0.551. The van der Waals surface area contributed by atoms with E-state index >= 15 is 0 Å². The molecule has 0 aromatic carbocycles. The lowest BCUT2D eigenvalue weighted by Crippen LogP contribution is -2.32. The predicted molar refractivity (Wildman–Crippen MR) is 50.0 cm³/mol. The molecular weight excluding hydrogens is 192 g/mol. The Morgan fingerprint density at radius 1 is 1.46 bits per heavy atom. The monoisotopic (exact) mass is 206 g/mol. The van der Waals surface area contributed by atoms with E-state index in [1.165, 1.54) is 20.8 Å². The highest BCUT2D eigenvalue weighted by molar-refractivity contribution is 7.85. The average Bonchev–Trinajstić information content (AvgIpc) is 1.80. The Balaban J connectivity index is 4.79. The lowest BCUT2D eigenvalue weighted by molar-refractivity contribution is -0.122. The van der Waals surface area contributed by atoms with Crippen molar-refractivity contribution in [2.45, 2.75) is 20.8 Å². The molecule has 0 aromatic heterocycles. The Bertz CT molecular complexity index is 324. The molecule has 1 N–H and O–H groups in total. The zero-order valence-electron chi connectivity index (χ0n) is 7.99. The third-order valence-corrected chi connectivity index (χ3v) is 2.63. The van der Waals surface area contributed by atoms with Crippen LogP contribution in [0.4, 0.5) is 0 Å². The first-order valence-electron chi connectivity index (χ1n) is 3.72. The van der Waals surface area contributed by atoms with E-state index in [1.807, 2.05) is 0 Å². The van der Waals surface area contributed by atoms with Crippen molar-refractivity contribution in [2.75, 3.05) is 5.75 Å². The number of rotatable bonds is 4. The normalized spacial score (nSPS) is 12.6. The van der Waals surface area contributed by atoms with E-state index in [0.717, 1.165) is 0 Å². The van der Waals surface area contributed by atoms with Crippen LogP contribution in [-0.2, 0) is 14.9 Å². The molecule has 0 amide bonds. The molecule has 0 unspecified atom stereocenters. The topological polar surface area (TPSA) is 71.4 Å². The van der Waals surface area contributed by atoms with Gasteiger partial charge in [-0.05, 0) is 12.5 Å². The van der Waals surface area contributed by atoms with Crippen molar-refractivity contribution >= 4 is 15.9 Å². The zero-order valence-corrected chi connectivity index (χ0v) is 8.81. The summed E-state index contributed by atoms with van der Waals surface area (Å²) in [6.07, 6.45) is 0. The third-order valence-electron chi connectivity index (χ3n) is 1.55. The molecule has 0 spiro atoms. The van der Waals surface area contributed by atoms with Gasteiger partial charge in [-0.25, -0.2) is 0 Å². The highest BCUT2D eigenvalue weighted by atomic mass is 32.2. The van der Waals surface area contributed by atoms with Gasteiger partial charge in [0.1, 0.15) is 0 Å². The summed E-state index contributed by atoms with van der Waals surface area (Å²) in [6, 6.07) is 0. The molecule has 0 radical (unpaired) electrons. The zero-order chi connectivity index (χ0) is 10.9. The lowest BCUT2D eigenvalue weighted by atomic mass is 9.87. The Morgan fingerprint density at radius 2 is 1.85 bits per heavy atom. The molecule has 0 rings (SSSR count). The molecule has 0 aliphatic rings. The third kappa shape index (κ3) is 4.19. The van der Waals surface area contributed by atoms with Gasteiger partial charge >= 0.3 is 0 Å². The maximum Gasteiger partial charge on any atom is 0.265 e. The van der Waals surface area contributed by atoms with Gasteiger partial charge in [-0.15, -0.1) is 0 Å². The summed E-state index contributed by atoms with van der Waals surface area (Å²) < 4.78 is 29.7. The first-order valence-corrected chi connectivity index (χ1v) is 5.32. The van der Waals surface area contributed by atoms with E-state index < -0.39 is 21.3 Å². The number of Topliss-reactive ketones (excluding diaryl/α,β-unsaturated/α-hetero) is 1. The number of carbonyl (C=O) groups excluding carboxylic acids is 1. The van der Waals surface area contributed by atoms with Crippen molar-refractivity contribution in [3.8, 4) is 0 Å². The van der Waals surface area contributed by atoms with Crippen LogP contribution < -0.4 is 0 Å². The summed E-state index contributed by atoms with van der Waals surface area (Å²) in [5, 5.41) is 0. The van der Waals surface area contributed by atoms with Crippen LogP contribution in [0.5, 0.6) is 0 Å². The molecule has 0 heterocycles. The second kappa shape index (κ2) is 3.59. The van der Waals surface area contributed by atoms with Gasteiger partial charge in [0.15, 0.2) is 5.78 Å². The SMILES string of the molecule is C=C(C)C(=O)C(C)(C)CS(=O)(=O)O. The smallest absolute Gasteiger partial charge is 0.265 e. The van der Waals surface area contributed by atoms with E-state index in [0.29, 0.717) is 0 Å². The van der Waals surface area contributed by atoms with Crippen LogP contribution >= 0.6 is 0 Å². The van der Waals surface area contributed by atoms with Crippen LogP contribution in [0.1, 0.15) is 20.8 Å². The van der Waals surface area contributed by atoms with Crippen LogP contribution in [0.15, 0.2) is 12.2 Å². The molecule has 13 heavy (non-hydrogen) atoms. The fraction of sp³-hybridized carbons (Fsp3) is 0.625. The molecule has 0 bridgehead atoms. The van der Waals surface area contributed by atoms with Crippen LogP contribution in [0.2, 0.25) is 0 Å². The summed E-state index contributed by atoms with van der Waals surface area (Å²) in [4.78, 5) is 11.4. The molecule has 0 atom stereocenters. The lowest BCUT2D eigenvalue weighted by Gasteiger charge is -2.20. The van der Waals surface area contributed by atoms with Crippen molar-refractivity contribution in [1.29, 1.82) is 0 Å². The Kier molecular flexibility index (Phi) is 3.40. The summed E-state index contributed by atoms with van der Waals surface area (Å²) in [5.74, 6) is -0.934. The fourth-order valence-electron chi connectivity index (χ4n) is 1.10. The van der Waals surface area contributed by atoms with Gasteiger partial charge in [0, 0.05) is 5.41 Å². The molecule has 0 saturated heterocycles. The number of hydrogen-bond acceptors (Lipinski definition) is 3. The summed E-state index contributed by atoms with van der Waals surface area (Å²) >= 11 is 0. The van der Waals surface area contributed by atoms with E-state index in [9.17, 15) is 13.2 Å². The van der Waals surface area contributed by atoms with Crippen LogP contribution in [0, 0.1) is 5.41 Å². The van der Waals surface area contributed by atoms with Crippen LogP contribution in [-0.4, -0.2) is 24.5 Å². The van der Waals surface area contributed by atoms with Crippen molar-refractivity contribution in [3.05, 3.63) is 12.2 Å². The molecule has 0 fully saturated rings. The molecule has 0 aromatic rings. The fourth-order valence-corrected chi connectivity index (χ4v) is 2.14. The minimum atomic E-state index is -4.12. The van der Waals surface area contributed by atoms with E-state index in [2.05, 4.69) is 6.58 Å². The van der Waals surface area contributed by atoms with Crippen LogP contribution in [0.25, 0.3) is 0 Å². The Hall–Kier alpha value is -0.680. The minimum absolute atomic E-state index is 0.286. The molecule has 0 aliphatic heterocycles. The maximum atomic E-state index is 11.4. The molecule has 0 aliphatic carbocycles. The van der Waals surface area contributed by atoms with E-state index in [-0.39, 0.29) is 11.4 Å². The van der Waals surface area contributed by atoms with Crippen molar-refractivity contribution in [1.82, 2.24) is 0 Å². The molecule has 76 valence electrons. The van der Waals surface area contributed by atoms with Crippen molar-refractivity contribution in [3.63, 3.8) is 0 Å². The number of allylic oxidation sites excluding steroid dienone is 1. The maximum absolute atomic E-state index is 11.4. The summed E-state index contributed by atoms with van der Waals surface area (Å²) in [5.41, 5.74) is -0.826. The van der Waals surface area contributed by atoms with Crippen molar-refractivity contribution in [2.24, 2.45) is 5.41 Å². The van der Waals surface area contributed by atoms with Gasteiger partial charge in [-0.2, -0.15) is 8.42 Å². The summed E-state index contributed by atoms with van der Waals surface area (Å²) in [7, 11) is -4.12. The number of carbonyl (C=O) groups is 1. The van der Waals surface area contributed by atoms with Gasteiger partial charge in [-0.3, -0.25) is 9.35 Å². The molecular formula is C8H14O4S. The second-order valence-corrected chi connectivity index (χ2v) is 5.17. The first-order chi connectivity index (χ1) is 5.56. The highest BCUT2D eigenvalue weighted by Crippen LogP contribution is 2.22. The Morgan fingerprint density at radius 3 is 2.08 bits per heavy atom. The largest absolute Gasteiger partial charge is 0.294 e. The second-order valence-electron chi connectivity index (χ2n) is 3.72. The van der Waals surface area contributed by atoms with E-state index in [1.54, 1.807) is 0 Å². The number of ketones is 1. The van der Waals surface area contributed by atoms with Gasteiger partial charge < -0.3 is 0 Å². The first kappa shape index (κ1) is 12.3. The molecule has 5 heteroatoms. The summed E-state index contributed by atoms with van der Waals surface area (Å²) in [6.45, 7) is 7.85. The van der Waals surface area contributed by atoms with E-state index in [4.69, 9.17) is 4.55 Å². The van der Waals surface area contributed by atoms with Gasteiger partial charge in [0.25, 0.3) is 10.1 Å². The van der Waals surface area contributed by atoms with Crippen LogP contribution in [0.3, 0.4) is 0 Å². The minimum Gasteiger partial charge on any atom is -0.294 e. The number of hydrogen-bond donors (Lipinski definition) is 1. The predicted octanol–water partition coefficient (Wildman–Crippen LogP) is 1.05. The average molecular weight is 206 g/mol. The van der Waals surface area contributed by atoms with Crippen molar-refractivity contribution < 1.29 is 17.8 Å². The van der Waals surface area contributed by atoms with Gasteiger partial charge in [-0.1, -0.05) is 20.4 Å². The van der Waals surface area contributed by atoms with Gasteiger partial charge in [0.05, 0.1) is 5.75 Å². The standard InChI is InChI=1S/C8H14O4S/c1-6(2)7(9)8(3,4)5-13(10,11)12/h1,5H2,2-4H3,(H,10,11,12). The molecule has 0 saturated carbocycles. The highest BCUT2D eigenvalue weighted by Gasteiger charge is 2.32. The Labute approximate surface area is 78.4 Å². The van der Waals surface area contributed by atoms with Gasteiger partial charge in [0.2, 0.25) is 0 Å².